The third-order valence-corrected chi connectivity index (χ3v) is 4.78. The maximum atomic E-state index is 10.2. The summed E-state index contributed by atoms with van der Waals surface area (Å²) >= 11 is 0. The van der Waals surface area contributed by atoms with Gasteiger partial charge in [0, 0.05) is 39.3 Å². The fourth-order valence-corrected chi connectivity index (χ4v) is 3.36. The predicted molar refractivity (Wildman–Crippen MR) is 108 cm³/mol. The number of benzene rings is 1. The van der Waals surface area contributed by atoms with Crippen molar-refractivity contribution in [2.24, 2.45) is 4.99 Å². The van der Waals surface area contributed by atoms with E-state index in [0.717, 1.165) is 45.2 Å². The summed E-state index contributed by atoms with van der Waals surface area (Å²) in [6.07, 6.45) is 0.859. The number of furan rings is 1. The number of hydrogen-bond acceptors (Lipinski definition) is 4. The number of aryl methyl sites for hydroxylation is 1. The maximum absolute atomic E-state index is 10.2. The Balaban J connectivity index is 1.54. The molecule has 27 heavy (non-hydrogen) atoms. The van der Waals surface area contributed by atoms with Gasteiger partial charge < -0.3 is 19.7 Å². The van der Waals surface area contributed by atoms with Crippen LogP contribution in [0.1, 0.15) is 29.9 Å². The zero-order valence-electron chi connectivity index (χ0n) is 16.3. The van der Waals surface area contributed by atoms with E-state index in [9.17, 15) is 5.11 Å². The normalized spacial score (nSPS) is 17.1. The van der Waals surface area contributed by atoms with E-state index < -0.39 is 6.10 Å². The third-order valence-electron chi connectivity index (χ3n) is 4.78. The standard InChI is InChI=1S/C21H30N4O2/c1-3-22-21(23-15-19(26)20-8-5-13-27-20)25-11-9-24(10-12-25)16-18-7-4-6-17(2)14-18/h4-8,13-14,19,26H,3,9-12,15-16H2,1-2H3,(H,22,23). The number of nitrogens with one attached hydrogen (secondary N) is 1. The summed E-state index contributed by atoms with van der Waals surface area (Å²) < 4.78 is 5.25. The SMILES string of the molecule is CCNC(=NCC(O)c1ccco1)N1CCN(Cc2cccc(C)c2)CC1. The van der Waals surface area contributed by atoms with Crippen molar-refractivity contribution in [3.05, 3.63) is 59.5 Å². The first-order valence-electron chi connectivity index (χ1n) is 9.68. The molecule has 0 aliphatic carbocycles. The minimum atomic E-state index is -0.712. The molecule has 0 bridgehead atoms. The molecule has 0 spiro atoms. The lowest BCUT2D eigenvalue weighted by atomic mass is 10.1. The molecule has 6 heteroatoms. The van der Waals surface area contributed by atoms with Crippen molar-refractivity contribution >= 4 is 5.96 Å². The lowest BCUT2D eigenvalue weighted by Gasteiger charge is -2.36. The highest BCUT2D eigenvalue weighted by molar-refractivity contribution is 5.80. The Bertz CT molecular complexity index is 722. The highest BCUT2D eigenvalue weighted by atomic mass is 16.4. The summed E-state index contributed by atoms with van der Waals surface area (Å²) in [6.45, 7) is 10.1. The van der Waals surface area contributed by atoms with Gasteiger partial charge >= 0.3 is 0 Å². The van der Waals surface area contributed by atoms with Gasteiger partial charge in [0.2, 0.25) is 0 Å². The average Bonchev–Trinajstić information content (AvgIpc) is 3.21. The summed E-state index contributed by atoms with van der Waals surface area (Å²) in [5.41, 5.74) is 2.67. The number of aliphatic hydroxyl groups excluding tert-OH is 1. The van der Waals surface area contributed by atoms with E-state index in [-0.39, 0.29) is 0 Å². The van der Waals surface area contributed by atoms with E-state index >= 15 is 0 Å². The van der Waals surface area contributed by atoms with Crippen molar-refractivity contribution < 1.29 is 9.52 Å². The Morgan fingerprint density at radius 1 is 1.22 bits per heavy atom. The van der Waals surface area contributed by atoms with Crippen LogP contribution in [0, 0.1) is 6.92 Å². The number of aliphatic imine (C=N–C) groups is 1. The third kappa shape index (κ3) is 5.58. The summed E-state index contributed by atoms with van der Waals surface area (Å²) in [5, 5.41) is 13.5. The van der Waals surface area contributed by atoms with Crippen molar-refractivity contribution in [3.63, 3.8) is 0 Å². The van der Waals surface area contributed by atoms with Gasteiger partial charge in [0.05, 0.1) is 12.8 Å². The lowest BCUT2D eigenvalue weighted by Crippen LogP contribution is -2.52. The molecule has 1 atom stereocenters. The predicted octanol–water partition coefficient (Wildman–Crippen LogP) is 2.40. The van der Waals surface area contributed by atoms with Crippen LogP contribution in [0.4, 0.5) is 0 Å². The maximum Gasteiger partial charge on any atom is 0.194 e. The zero-order valence-corrected chi connectivity index (χ0v) is 16.3. The van der Waals surface area contributed by atoms with E-state index in [1.54, 1.807) is 18.4 Å². The highest BCUT2D eigenvalue weighted by Crippen LogP contribution is 2.14. The highest BCUT2D eigenvalue weighted by Gasteiger charge is 2.20. The van der Waals surface area contributed by atoms with Gasteiger partial charge in [0.1, 0.15) is 11.9 Å². The summed E-state index contributed by atoms with van der Waals surface area (Å²) in [6, 6.07) is 12.3. The molecule has 0 saturated carbocycles. The molecule has 2 heterocycles. The molecular weight excluding hydrogens is 340 g/mol. The minimum absolute atomic E-state index is 0.291. The molecule has 1 aliphatic heterocycles. The average molecular weight is 370 g/mol. The van der Waals surface area contributed by atoms with Crippen LogP contribution in [0.2, 0.25) is 0 Å². The first-order valence-corrected chi connectivity index (χ1v) is 9.68. The molecule has 1 aromatic heterocycles. The summed E-state index contributed by atoms with van der Waals surface area (Å²) in [4.78, 5) is 9.36. The summed E-state index contributed by atoms with van der Waals surface area (Å²) in [7, 11) is 0. The van der Waals surface area contributed by atoms with Gasteiger partial charge in [-0.2, -0.15) is 0 Å². The van der Waals surface area contributed by atoms with Crippen molar-refractivity contribution in [2.45, 2.75) is 26.5 Å². The first kappa shape index (κ1) is 19.5. The van der Waals surface area contributed by atoms with Gasteiger partial charge in [0.25, 0.3) is 0 Å². The molecule has 1 unspecified atom stereocenters. The van der Waals surface area contributed by atoms with E-state index in [0.29, 0.717) is 12.3 Å². The summed E-state index contributed by atoms with van der Waals surface area (Å²) in [5.74, 6) is 1.41. The number of nitrogens with zero attached hydrogens (tertiary/aromatic N) is 3. The fraction of sp³-hybridized carbons (Fsp3) is 0.476. The Hall–Kier alpha value is -2.31. The molecule has 0 amide bonds. The van der Waals surface area contributed by atoms with Crippen molar-refractivity contribution in [2.75, 3.05) is 39.3 Å². The molecule has 2 aromatic rings. The van der Waals surface area contributed by atoms with Crippen molar-refractivity contribution in [1.29, 1.82) is 0 Å². The molecule has 3 rings (SSSR count). The Kier molecular flexibility index (Phi) is 6.90. The second-order valence-electron chi connectivity index (χ2n) is 6.98. The molecule has 2 N–H and O–H groups in total. The fourth-order valence-electron chi connectivity index (χ4n) is 3.36. The number of aliphatic hydroxyl groups is 1. The Morgan fingerprint density at radius 3 is 2.70 bits per heavy atom. The van der Waals surface area contributed by atoms with Crippen LogP contribution in [0.15, 0.2) is 52.1 Å². The molecule has 0 radical (unpaired) electrons. The number of piperazine rings is 1. The number of guanidine groups is 1. The van der Waals surface area contributed by atoms with E-state index in [1.807, 2.05) is 0 Å². The monoisotopic (exact) mass is 370 g/mol. The largest absolute Gasteiger partial charge is 0.467 e. The molecule has 6 nitrogen and oxygen atoms in total. The van der Waals surface area contributed by atoms with Gasteiger partial charge in [-0.25, -0.2) is 4.99 Å². The van der Waals surface area contributed by atoms with Crippen LogP contribution in [0.5, 0.6) is 0 Å². The quantitative estimate of drug-likeness (QED) is 0.604. The van der Waals surface area contributed by atoms with Crippen LogP contribution < -0.4 is 5.32 Å². The second kappa shape index (κ2) is 9.58. The van der Waals surface area contributed by atoms with Crippen LogP contribution >= 0.6 is 0 Å². The molecule has 1 saturated heterocycles. The topological polar surface area (TPSA) is 64.2 Å². The van der Waals surface area contributed by atoms with Crippen molar-refractivity contribution in [1.82, 2.24) is 15.1 Å². The van der Waals surface area contributed by atoms with Crippen LogP contribution in [0.3, 0.4) is 0 Å². The smallest absolute Gasteiger partial charge is 0.194 e. The molecule has 1 aliphatic rings. The first-order chi connectivity index (χ1) is 13.2. The van der Waals surface area contributed by atoms with Crippen LogP contribution in [-0.2, 0) is 6.54 Å². The Morgan fingerprint density at radius 2 is 2.04 bits per heavy atom. The van der Waals surface area contributed by atoms with Gasteiger partial charge in [0.15, 0.2) is 5.96 Å². The minimum Gasteiger partial charge on any atom is -0.467 e. The van der Waals surface area contributed by atoms with Gasteiger partial charge in [-0.05, 0) is 31.5 Å². The Labute approximate surface area is 161 Å². The molecule has 146 valence electrons. The van der Waals surface area contributed by atoms with E-state index in [4.69, 9.17) is 4.42 Å². The molecule has 1 aromatic carbocycles. The van der Waals surface area contributed by atoms with E-state index in [1.165, 1.54) is 11.1 Å². The number of rotatable bonds is 6. The zero-order chi connectivity index (χ0) is 19.1. The lowest BCUT2D eigenvalue weighted by molar-refractivity contribution is 0.155. The van der Waals surface area contributed by atoms with Crippen molar-refractivity contribution in [3.8, 4) is 0 Å². The van der Waals surface area contributed by atoms with E-state index in [2.05, 4.69) is 58.2 Å². The van der Waals surface area contributed by atoms with Gasteiger partial charge in [-0.15, -0.1) is 0 Å². The molecular formula is C21H30N4O2. The van der Waals surface area contributed by atoms with Gasteiger partial charge in [-0.3, -0.25) is 4.90 Å². The van der Waals surface area contributed by atoms with Gasteiger partial charge in [-0.1, -0.05) is 29.8 Å². The van der Waals surface area contributed by atoms with Crippen LogP contribution in [0.25, 0.3) is 0 Å². The number of hydrogen-bond donors (Lipinski definition) is 2. The molecule has 1 fully saturated rings. The second-order valence-corrected chi connectivity index (χ2v) is 6.98. The van der Waals surface area contributed by atoms with Crippen LogP contribution in [-0.4, -0.2) is 60.1 Å².